The van der Waals surface area contributed by atoms with Gasteiger partial charge in [0.25, 0.3) is 0 Å². The molecule has 2 fully saturated rings. The van der Waals surface area contributed by atoms with Crippen LogP contribution in [0.5, 0.6) is 0 Å². The van der Waals surface area contributed by atoms with E-state index in [1.54, 1.807) is 0 Å². The van der Waals surface area contributed by atoms with Crippen LogP contribution in [0.3, 0.4) is 0 Å². The molecule has 2 saturated heterocycles. The zero-order valence-electron chi connectivity index (χ0n) is 18.5. The lowest BCUT2D eigenvalue weighted by Crippen LogP contribution is -2.57. The molecule has 8 heteroatoms. The summed E-state index contributed by atoms with van der Waals surface area (Å²) in [4.78, 5) is 28.3. The quantitative estimate of drug-likeness (QED) is 0.572. The van der Waals surface area contributed by atoms with Gasteiger partial charge in [-0.15, -0.1) is 0 Å². The zero-order valence-corrected chi connectivity index (χ0v) is 18.5. The molecule has 162 valence electrons. The highest BCUT2D eigenvalue weighted by Gasteiger charge is 2.30. The Hall–Kier alpha value is -2.09. The van der Waals surface area contributed by atoms with Crippen molar-refractivity contribution in [3.63, 3.8) is 0 Å². The highest BCUT2D eigenvalue weighted by atomic mass is 16.2. The van der Waals surface area contributed by atoms with Crippen LogP contribution in [0.2, 0.25) is 0 Å². The van der Waals surface area contributed by atoms with E-state index in [0.717, 1.165) is 70.4 Å². The van der Waals surface area contributed by atoms with Gasteiger partial charge in [-0.25, -0.2) is 4.98 Å². The van der Waals surface area contributed by atoms with Crippen molar-refractivity contribution in [2.45, 2.75) is 52.7 Å². The predicted octanol–water partition coefficient (Wildman–Crippen LogP) is 1.24. The first-order valence-corrected chi connectivity index (χ1v) is 11.0. The lowest BCUT2D eigenvalue weighted by molar-refractivity contribution is -0.135. The summed E-state index contributed by atoms with van der Waals surface area (Å²) >= 11 is 0. The number of nitrogens with zero attached hydrogens (tertiary/aromatic N) is 6. The van der Waals surface area contributed by atoms with Crippen LogP contribution in [0.1, 0.15) is 39.4 Å². The molecule has 1 N–H and O–H groups in total. The maximum absolute atomic E-state index is 12.7. The second-order valence-electron chi connectivity index (χ2n) is 8.52. The number of likely N-dealkylation sites (tertiary alicyclic amines) is 1. The van der Waals surface area contributed by atoms with E-state index in [1.165, 1.54) is 0 Å². The Morgan fingerprint density at radius 1 is 1.10 bits per heavy atom. The van der Waals surface area contributed by atoms with Crippen molar-refractivity contribution in [2.24, 2.45) is 10.9 Å². The highest BCUT2D eigenvalue weighted by molar-refractivity contribution is 5.82. The van der Waals surface area contributed by atoms with Crippen LogP contribution in [-0.2, 0) is 17.9 Å². The van der Waals surface area contributed by atoms with E-state index in [0.29, 0.717) is 12.5 Å². The smallest absolute Gasteiger partial charge is 0.239 e. The lowest BCUT2D eigenvalue weighted by Gasteiger charge is -2.39. The molecule has 2 aliphatic heterocycles. The third-order valence-corrected chi connectivity index (χ3v) is 5.92. The first-order chi connectivity index (χ1) is 14.0. The van der Waals surface area contributed by atoms with Crippen LogP contribution in [0.25, 0.3) is 0 Å². The lowest BCUT2D eigenvalue weighted by atomic mass is 10.2. The van der Waals surface area contributed by atoms with Gasteiger partial charge in [0, 0.05) is 65.3 Å². The van der Waals surface area contributed by atoms with Crippen molar-refractivity contribution in [3.05, 3.63) is 18.2 Å². The molecule has 0 aliphatic carbocycles. The minimum atomic E-state index is -0.0336. The number of nitrogens with one attached hydrogen (secondary N) is 1. The highest BCUT2D eigenvalue weighted by Crippen LogP contribution is 2.14. The third kappa shape index (κ3) is 5.50. The van der Waals surface area contributed by atoms with E-state index < -0.39 is 0 Å². The number of aliphatic imine (C=N–C) groups is 1. The Morgan fingerprint density at radius 3 is 2.41 bits per heavy atom. The average Bonchev–Trinajstić information content (AvgIpc) is 3.40. The standard InChI is InChI=1S/C21H37N7O/c1-17(2)16-28-10-7-23-19(28)15-24-21(22-4)27-13-11-25(12-14-27)18(3)20(29)26-8-5-6-9-26/h7,10,17-18H,5-6,8-9,11-16H2,1-4H3,(H,22,24). The number of guanidine groups is 1. The van der Waals surface area contributed by atoms with Crippen molar-refractivity contribution in [1.82, 2.24) is 29.6 Å². The molecule has 3 rings (SSSR count). The predicted molar refractivity (Wildman–Crippen MR) is 116 cm³/mol. The van der Waals surface area contributed by atoms with Crippen LogP contribution in [-0.4, -0.2) is 88.5 Å². The number of hydrogen-bond donors (Lipinski definition) is 1. The summed E-state index contributed by atoms with van der Waals surface area (Å²) in [5.74, 6) is 2.81. The van der Waals surface area contributed by atoms with Crippen molar-refractivity contribution >= 4 is 11.9 Å². The van der Waals surface area contributed by atoms with Gasteiger partial charge in [-0.1, -0.05) is 13.8 Å². The molecule has 0 spiro atoms. The number of rotatable bonds is 6. The van der Waals surface area contributed by atoms with Crippen molar-refractivity contribution < 1.29 is 4.79 Å². The number of piperazine rings is 1. The molecule has 0 bridgehead atoms. The van der Waals surface area contributed by atoms with Gasteiger partial charge in [-0.3, -0.25) is 14.7 Å². The first kappa shape index (κ1) is 21.6. The van der Waals surface area contributed by atoms with Crippen LogP contribution in [0, 0.1) is 5.92 Å². The Kier molecular flexibility index (Phi) is 7.52. The molecule has 8 nitrogen and oxygen atoms in total. The maximum Gasteiger partial charge on any atom is 0.239 e. The normalized spacial score (nSPS) is 19.8. The second kappa shape index (κ2) is 10.1. The first-order valence-electron chi connectivity index (χ1n) is 11.0. The molecule has 1 aromatic rings. The van der Waals surface area contributed by atoms with Crippen molar-refractivity contribution in [3.8, 4) is 0 Å². The number of carbonyl (C=O) groups excluding carboxylic acids is 1. The molecule has 1 unspecified atom stereocenters. The van der Waals surface area contributed by atoms with Crippen LogP contribution in [0.15, 0.2) is 17.4 Å². The molecule has 3 heterocycles. The summed E-state index contributed by atoms with van der Waals surface area (Å²) in [6.07, 6.45) is 6.18. The van der Waals surface area contributed by atoms with E-state index in [-0.39, 0.29) is 11.9 Å². The van der Waals surface area contributed by atoms with Crippen LogP contribution < -0.4 is 5.32 Å². The average molecular weight is 404 g/mol. The van der Waals surface area contributed by atoms with Gasteiger partial charge in [0.2, 0.25) is 5.91 Å². The van der Waals surface area contributed by atoms with Crippen molar-refractivity contribution in [2.75, 3.05) is 46.3 Å². The minimum Gasteiger partial charge on any atom is -0.349 e. The van der Waals surface area contributed by atoms with Gasteiger partial charge in [0.05, 0.1) is 12.6 Å². The summed E-state index contributed by atoms with van der Waals surface area (Å²) in [5.41, 5.74) is 0. The summed E-state index contributed by atoms with van der Waals surface area (Å²) < 4.78 is 2.20. The molecular formula is C21H37N7O. The molecule has 29 heavy (non-hydrogen) atoms. The molecule has 1 atom stereocenters. The molecule has 1 aromatic heterocycles. The van der Waals surface area contributed by atoms with Crippen molar-refractivity contribution in [1.29, 1.82) is 0 Å². The van der Waals surface area contributed by atoms with Gasteiger partial charge in [0.1, 0.15) is 5.82 Å². The van der Waals surface area contributed by atoms with Crippen LogP contribution in [0.4, 0.5) is 0 Å². The topological polar surface area (TPSA) is 69.0 Å². The minimum absolute atomic E-state index is 0.0336. The number of hydrogen-bond acceptors (Lipinski definition) is 4. The van der Waals surface area contributed by atoms with Gasteiger partial charge >= 0.3 is 0 Å². The van der Waals surface area contributed by atoms with Crippen LogP contribution >= 0.6 is 0 Å². The largest absolute Gasteiger partial charge is 0.349 e. The third-order valence-electron chi connectivity index (χ3n) is 5.92. The SMILES string of the molecule is CN=C(NCc1nccn1CC(C)C)N1CCN(C(C)C(=O)N2CCCC2)CC1. The molecular weight excluding hydrogens is 366 g/mol. The summed E-state index contributed by atoms with van der Waals surface area (Å²) in [6, 6.07) is -0.0336. The van der Waals surface area contributed by atoms with E-state index in [2.05, 4.69) is 50.4 Å². The number of carbonyl (C=O) groups is 1. The monoisotopic (exact) mass is 403 g/mol. The maximum atomic E-state index is 12.7. The molecule has 0 aromatic carbocycles. The fourth-order valence-corrected chi connectivity index (χ4v) is 4.24. The van der Waals surface area contributed by atoms with Gasteiger partial charge < -0.3 is 19.7 Å². The number of amides is 1. The summed E-state index contributed by atoms with van der Waals surface area (Å²) in [5, 5.41) is 3.47. The van der Waals surface area contributed by atoms with E-state index >= 15 is 0 Å². The Balaban J connectivity index is 1.49. The fraction of sp³-hybridized carbons (Fsp3) is 0.762. The van der Waals surface area contributed by atoms with E-state index in [4.69, 9.17) is 0 Å². The number of imidazole rings is 1. The fourth-order valence-electron chi connectivity index (χ4n) is 4.24. The van der Waals surface area contributed by atoms with Gasteiger partial charge in [-0.2, -0.15) is 0 Å². The molecule has 1 amide bonds. The Labute approximate surface area is 175 Å². The molecule has 2 aliphatic rings. The molecule has 0 saturated carbocycles. The number of aromatic nitrogens is 2. The van der Waals surface area contributed by atoms with E-state index in [1.807, 2.05) is 24.3 Å². The summed E-state index contributed by atoms with van der Waals surface area (Å²) in [6.45, 7) is 13.5. The second-order valence-corrected chi connectivity index (χ2v) is 8.52. The Bertz CT molecular complexity index is 685. The summed E-state index contributed by atoms with van der Waals surface area (Å²) in [7, 11) is 1.83. The molecule has 0 radical (unpaired) electrons. The van der Waals surface area contributed by atoms with E-state index in [9.17, 15) is 4.79 Å². The zero-order chi connectivity index (χ0) is 20.8. The van der Waals surface area contributed by atoms with Gasteiger partial charge in [-0.05, 0) is 25.7 Å². The van der Waals surface area contributed by atoms with Gasteiger partial charge in [0.15, 0.2) is 5.96 Å². The Morgan fingerprint density at radius 2 is 1.79 bits per heavy atom.